The fourth-order valence-corrected chi connectivity index (χ4v) is 8.74. The molecule has 0 heterocycles. The van der Waals surface area contributed by atoms with Crippen LogP contribution in [0.25, 0.3) is 0 Å². The first-order valence-electron chi connectivity index (χ1n) is 10.3. The molecular weight excluding hydrogens is 430 g/mol. The van der Waals surface area contributed by atoms with Gasteiger partial charge in [-0.15, -0.1) is 0 Å². The van der Waals surface area contributed by atoms with Gasteiger partial charge in [-0.2, -0.15) is 0 Å². The van der Waals surface area contributed by atoms with Crippen LogP contribution < -0.4 is 10.6 Å². The van der Waals surface area contributed by atoms with Crippen LogP contribution in [0, 0.1) is 14.9 Å². The third-order valence-electron chi connectivity index (χ3n) is 6.07. The van der Waals surface area contributed by atoms with Crippen molar-refractivity contribution in [3.63, 3.8) is 0 Å². The van der Waals surface area contributed by atoms with E-state index in [0.29, 0.717) is 0 Å². The maximum atomic E-state index is 2.45. The van der Waals surface area contributed by atoms with Crippen molar-refractivity contribution in [3.8, 4) is 0 Å². The first-order chi connectivity index (χ1) is 12.8. The van der Waals surface area contributed by atoms with Gasteiger partial charge in [-0.3, -0.25) is 0 Å². The van der Waals surface area contributed by atoms with Crippen LogP contribution in [-0.4, -0.2) is 24.6 Å². The van der Waals surface area contributed by atoms with Gasteiger partial charge in [-0.05, 0) is 60.9 Å². The molecule has 2 aromatic carbocycles. The molecule has 0 N–H and O–H groups in total. The molecule has 0 aromatic heterocycles. The minimum Gasteiger partial charge on any atom is -0.358 e. The largest absolute Gasteiger partial charge is 2.00 e. The van der Waals surface area contributed by atoms with Crippen LogP contribution >= 0.6 is 15.8 Å². The van der Waals surface area contributed by atoms with E-state index in [1.165, 1.54) is 51.4 Å². The summed E-state index contributed by atoms with van der Waals surface area (Å²) >= 11 is 0. The van der Waals surface area contributed by atoms with Crippen molar-refractivity contribution in [2.45, 2.75) is 62.7 Å². The van der Waals surface area contributed by atoms with Gasteiger partial charge in [-0.1, -0.05) is 102 Å². The number of hydrogen-bond donors (Lipinski definition) is 0. The van der Waals surface area contributed by atoms with Crippen LogP contribution in [0.1, 0.15) is 51.4 Å². The maximum absolute atomic E-state index is 2.45. The van der Waals surface area contributed by atoms with Crippen molar-refractivity contribution >= 4 is 26.5 Å². The Kier molecular flexibility index (Phi) is 15.5. The third-order valence-corrected chi connectivity index (χ3v) is 11.5. The molecule has 29 heavy (non-hydrogen) atoms. The molecule has 0 aliphatic heterocycles. The summed E-state index contributed by atoms with van der Waals surface area (Å²) in [6.07, 6.45) is 11.7. The normalized spacial score (nSPS) is 18.3. The summed E-state index contributed by atoms with van der Waals surface area (Å²) in [5.74, 6) is 0. The first-order valence-corrected chi connectivity index (χ1v) is 14.0. The number of rotatable bonds is 4. The summed E-state index contributed by atoms with van der Waals surface area (Å²) in [5.41, 5.74) is 2.02. The molecule has 0 radical (unpaired) electrons. The number of hydrogen-bond acceptors (Lipinski definition) is 0. The monoisotopic (exact) mass is 470 g/mol. The van der Waals surface area contributed by atoms with Crippen LogP contribution in [0.5, 0.6) is 0 Å². The average Bonchev–Trinajstić information content (AvgIpc) is 3.43. The smallest absolute Gasteiger partial charge is 0.358 e. The Morgan fingerprint density at radius 2 is 0.828 bits per heavy atom. The SMILES string of the molecule is CP(c1ccccc1)C1CCCC1.CP(c1ccccc1)C1CCCC1.[CH3-].[CH3-].[Fe+2]. The average molecular weight is 470 g/mol. The second-order valence-electron chi connectivity index (χ2n) is 7.77. The minimum absolute atomic E-state index is 0. The zero-order valence-corrected chi connectivity index (χ0v) is 21.7. The zero-order chi connectivity index (χ0) is 18.2. The Morgan fingerprint density at radius 3 is 1.10 bits per heavy atom. The molecule has 0 bridgehead atoms. The van der Waals surface area contributed by atoms with Crippen LogP contribution in [0.4, 0.5) is 0 Å². The van der Waals surface area contributed by atoms with Gasteiger partial charge in [0.25, 0.3) is 0 Å². The van der Waals surface area contributed by atoms with Crippen molar-refractivity contribution < 1.29 is 17.1 Å². The standard InChI is InChI=1S/2C12H17P.2CH3.Fe/c2*1-13(12-9-5-6-10-12)11-7-3-2-4-8-11;;;/h2*2-4,7-8,12H,5-6,9-10H2,1H3;2*1H3;/q;;2*-1;+2. The molecule has 0 spiro atoms. The first kappa shape index (κ1) is 28.8. The van der Waals surface area contributed by atoms with E-state index >= 15 is 0 Å². The van der Waals surface area contributed by atoms with Crippen LogP contribution in [0.2, 0.25) is 0 Å². The van der Waals surface area contributed by atoms with Gasteiger partial charge in [0.05, 0.1) is 0 Å². The Labute approximate surface area is 194 Å². The summed E-state index contributed by atoms with van der Waals surface area (Å²) in [4.78, 5) is 0. The molecule has 2 aliphatic carbocycles. The molecule has 0 saturated heterocycles. The van der Waals surface area contributed by atoms with E-state index in [0.717, 1.165) is 11.3 Å². The molecule has 3 heteroatoms. The van der Waals surface area contributed by atoms with E-state index < -0.39 is 0 Å². The molecule has 2 unspecified atom stereocenters. The second kappa shape index (κ2) is 15.6. The van der Waals surface area contributed by atoms with Crippen molar-refractivity contribution in [1.29, 1.82) is 0 Å². The van der Waals surface area contributed by atoms with Gasteiger partial charge in [0.15, 0.2) is 0 Å². The van der Waals surface area contributed by atoms with Crippen LogP contribution in [0.15, 0.2) is 60.7 Å². The maximum Gasteiger partial charge on any atom is 2.00 e. The quantitative estimate of drug-likeness (QED) is 0.245. The summed E-state index contributed by atoms with van der Waals surface area (Å²) in [6.45, 7) is 4.89. The molecule has 4 rings (SSSR count). The molecule has 2 aliphatic rings. The second-order valence-corrected chi connectivity index (χ2v) is 12.7. The Hall–Kier alpha value is -0.181. The molecule has 2 atom stereocenters. The fourth-order valence-electron chi connectivity index (χ4n) is 4.33. The van der Waals surface area contributed by atoms with E-state index in [9.17, 15) is 0 Å². The summed E-state index contributed by atoms with van der Waals surface area (Å²) in [5, 5.41) is 3.17. The molecule has 0 nitrogen and oxygen atoms in total. The molecule has 2 fully saturated rings. The van der Waals surface area contributed by atoms with Crippen molar-refractivity contribution in [2.24, 2.45) is 0 Å². The topological polar surface area (TPSA) is 0 Å². The van der Waals surface area contributed by atoms with E-state index in [1.807, 2.05) is 0 Å². The van der Waals surface area contributed by atoms with Crippen molar-refractivity contribution in [1.82, 2.24) is 0 Å². The van der Waals surface area contributed by atoms with Crippen LogP contribution in [0.3, 0.4) is 0 Å². The molecule has 2 aromatic rings. The number of benzene rings is 2. The van der Waals surface area contributed by atoms with Gasteiger partial charge in [-0.25, -0.2) is 0 Å². The van der Waals surface area contributed by atoms with Gasteiger partial charge in [0.2, 0.25) is 0 Å². The van der Waals surface area contributed by atoms with Crippen LogP contribution in [-0.2, 0) is 17.1 Å². The predicted octanol–water partition coefficient (Wildman–Crippen LogP) is 7.63. The fraction of sp³-hybridized carbons (Fsp3) is 0.462. The molecule has 0 amide bonds. The minimum atomic E-state index is 0. The summed E-state index contributed by atoms with van der Waals surface area (Å²) in [7, 11) is 0.246. The Balaban J connectivity index is 0.000000490. The Morgan fingerprint density at radius 1 is 0.552 bits per heavy atom. The molecule has 162 valence electrons. The zero-order valence-electron chi connectivity index (χ0n) is 18.8. The van der Waals surface area contributed by atoms with E-state index in [1.54, 1.807) is 10.6 Å². The van der Waals surface area contributed by atoms with Gasteiger partial charge in [0.1, 0.15) is 0 Å². The van der Waals surface area contributed by atoms with E-state index in [-0.39, 0.29) is 47.8 Å². The van der Waals surface area contributed by atoms with Gasteiger partial charge in [0, 0.05) is 0 Å². The van der Waals surface area contributed by atoms with E-state index in [4.69, 9.17) is 0 Å². The Bertz CT molecular complexity index is 562. The van der Waals surface area contributed by atoms with Gasteiger partial charge >= 0.3 is 17.1 Å². The summed E-state index contributed by atoms with van der Waals surface area (Å²) < 4.78 is 0. The van der Waals surface area contributed by atoms with Crippen molar-refractivity contribution in [3.05, 3.63) is 75.5 Å². The van der Waals surface area contributed by atoms with Crippen molar-refractivity contribution in [2.75, 3.05) is 13.3 Å². The van der Waals surface area contributed by atoms with E-state index in [2.05, 4.69) is 74.0 Å². The predicted molar refractivity (Wildman–Crippen MR) is 135 cm³/mol. The third kappa shape index (κ3) is 8.83. The summed E-state index contributed by atoms with van der Waals surface area (Å²) in [6, 6.07) is 22.1. The molecular formula is C26H40FeP2. The van der Waals surface area contributed by atoms with Gasteiger partial charge < -0.3 is 14.9 Å². The molecule has 2 saturated carbocycles.